The topological polar surface area (TPSA) is 17.1 Å². The van der Waals surface area contributed by atoms with Gasteiger partial charge in [-0.3, -0.25) is 4.79 Å². The van der Waals surface area contributed by atoms with E-state index >= 15 is 0 Å². The summed E-state index contributed by atoms with van der Waals surface area (Å²) in [6.07, 6.45) is 0. The Morgan fingerprint density at radius 1 is 0.773 bits per heavy atom. The van der Waals surface area contributed by atoms with Gasteiger partial charge >= 0.3 is 0 Å². The number of carbonyl (C=O) groups excluding carboxylic acids is 1. The molecule has 0 atom stereocenters. The van der Waals surface area contributed by atoms with Crippen LogP contribution in [0.3, 0.4) is 0 Å². The minimum Gasteiger partial charge on any atom is -0.289 e. The molecule has 0 aliphatic heterocycles. The van der Waals surface area contributed by atoms with Crippen molar-refractivity contribution < 1.29 is 4.79 Å². The van der Waals surface area contributed by atoms with E-state index in [-0.39, 0.29) is 5.78 Å². The summed E-state index contributed by atoms with van der Waals surface area (Å²) in [4.78, 5) is 12.8. The SMILES string of the molecule is C=C(C)c1ccc(C(=O)c2ccc(C(=C)C)cc2C)c(C)c1. The van der Waals surface area contributed by atoms with Crippen LogP contribution in [0, 0.1) is 13.8 Å². The molecule has 0 bridgehead atoms. The summed E-state index contributed by atoms with van der Waals surface area (Å²) >= 11 is 0. The third-order valence-corrected chi connectivity index (χ3v) is 3.93. The van der Waals surface area contributed by atoms with Gasteiger partial charge in [-0.05, 0) is 49.9 Å². The summed E-state index contributed by atoms with van der Waals surface area (Å²) in [5.41, 5.74) is 7.61. The number of ketones is 1. The van der Waals surface area contributed by atoms with Crippen molar-refractivity contribution in [2.24, 2.45) is 0 Å². The van der Waals surface area contributed by atoms with Crippen molar-refractivity contribution in [1.29, 1.82) is 0 Å². The van der Waals surface area contributed by atoms with Crippen molar-refractivity contribution in [2.75, 3.05) is 0 Å². The molecule has 112 valence electrons. The fraction of sp³-hybridized carbons (Fsp3) is 0.190. The fourth-order valence-electron chi connectivity index (χ4n) is 2.51. The second kappa shape index (κ2) is 6.15. The Labute approximate surface area is 133 Å². The first-order valence-electron chi connectivity index (χ1n) is 7.39. The normalized spacial score (nSPS) is 10.4. The van der Waals surface area contributed by atoms with Gasteiger partial charge in [0.1, 0.15) is 0 Å². The van der Waals surface area contributed by atoms with Gasteiger partial charge in [0.25, 0.3) is 0 Å². The largest absolute Gasteiger partial charge is 0.289 e. The van der Waals surface area contributed by atoms with Gasteiger partial charge in [-0.25, -0.2) is 0 Å². The molecule has 0 radical (unpaired) electrons. The molecule has 0 saturated carbocycles. The minimum absolute atomic E-state index is 0.0662. The third-order valence-electron chi connectivity index (χ3n) is 3.93. The zero-order chi connectivity index (χ0) is 16.4. The number of rotatable bonds is 4. The highest BCUT2D eigenvalue weighted by Crippen LogP contribution is 2.23. The first-order valence-corrected chi connectivity index (χ1v) is 7.39. The lowest BCUT2D eigenvalue weighted by molar-refractivity contribution is 0.103. The van der Waals surface area contributed by atoms with Gasteiger partial charge in [0.15, 0.2) is 5.78 Å². The van der Waals surface area contributed by atoms with Gasteiger partial charge < -0.3 is 0 Å². The van der Waals surface area contributed by atoms with Crippen LogP contribution in [-0.4, -0.2) is 5.78 Å². The highest BCUT2D eigenvalue weighted by Gasteiger charge is 2.15. The second-order valence-corrected chi connectivity index (χ2v) is 5.95. The Morgan fingerprint density at radius 2 is 1.14 bits per heavy atom. The van der Waals surface area contributed by atoms with Crippen LogP contribution < -0.4 is 0 Å². The van der Waals surface area contributed by atoms with E-state index in [4.69, 9.17) is 0 Å². The van der Waals surface area contributed by atoms with Crippen LogP contribution in [0.1, 0.15) is 52.0 Å². The average molecular weight is 290 g/mol. The standard InChI is InChI=1S/C21H22O/c1-13(2)17-7-9-19(15(5)11-17)21(22)20-10-8-18(14(3)4)12-16(20)6/h7-12H,1,3H2,2,4-6H3. The van der Waals surface area contributed by atoms with Gasteiger partial charge in [0.2, 0.25) is 0 Å². The summed E-state index contributed by atoms with van der Waals surface area (Å²) in [6, 6.07) is 11.8. The zero-order valence-corrected chi connectivity index (χ0v) is 13.8. The van der Waals surface area contributed by atoms with Gasteiger partial charge in [0.05, 0.1) is 0 Å². The van der Waals surface area contributed by atoms with Crippen LogP contribution in [0.25, 0.3) is 11.1 Å². The van der Waals surface area contributed by atoms with Crippen molar-refractivity contribution in [3.8, 4) is 0 Å². The Bertz CT molecular complexity index is 713. The molecule has 1 heteroatoms. The summed E-state index contributed by atoms with van der Waals surface area (Å²) in [5, 5.41) is 0. The van der Waals surface area contributed by atoms with Crippen LogP contribution in [0.15, 0.2) is 49.6 Å². The molecule has 2 aromatic rings. The van der Waals surface area contributed by atoms with E-state index in [1.807, 2.05) is 64.1 Å². The molecule has 0 heterocycles. The third kappa shape index (κ3) is 3.09. The average Bonchev–Trinajstić information content (AvgIpc) is 2.46. The highest BCUT2D eigenvalue weighted by atomic mass is 16.1. The first kappa shape index (κ1) is 16.0. The number of allylic oxidation sites excluding steroid dienone is 2. The quantitative estimate of drug-likeness (QED) is 0.670. The van der Waals surface area contributed by atoms with Gasteiger partial charge in [-0.1, -0.05) is 60.7 Å². The monoisotopic (exact) mass is 290 g/mol. The molecule has 1 nitrogen and oxygen atoms in total. The highest BCUT2D eigenvalue weighted by molar-refractivity contribution is 6.11. The van der Waals surface area contributed by atoms with Gasteiger partial charge in [0, 0.05) is 11.1 Å². The lowest BCUT2D eigenvalue weighted by Gasteiger charge is -2.11. The van der Waals surface area contributed by atoms with Crippen molar-refractivity contribution in [3.63, 3.8) is 0 Å². The molecule has 0 spiro atoms. The number of benzene rings is 2. The van der Waals surface area contributed by atoms with Crippen LogP contribution >= 0.6 is 0 Å². The van der Waals surface area contributed by atoms with Crippen molar-refractivity contribution in [1.82, 2.24) is 0 Å². The lowest BCUT2D eigenvalue weighted by Crippen LogP contribution is -2.06. The van der Waals surface area contributed by atoms with Crippen LogP contribution in [0.4, 0.5) is 0 Å². The number of aryl methyl sites for hydroxylation is 2. The Hall–Kier alpha value is -2.41. The molecule has 0 aromatic heterocycles. The predicted octanol–water partition coefficient (Wildman–Crippen LogP) is 5.60. The van der Waals surface area contributed by atoms with E-state index in [2.05, 4.69) is 13.2 Å². The molecule has 0 aliphatic carbocycles. The van der Waals surface area contributed by atoms with Crippen molar-refractivity contribution in [3.05, 3.63) is 82.9 Å². The predicted molar refractivity (Wildman–Crippen MR) is 95.2 cm³/mol. The Morgan fingerprint density at radius 3 is 1.41 bits per heavy atom. The van der Waals surface area contributed by atoms with E-state index in [1.165, 1.54) is 0 Å². The molecule has 0 saturated heterocycles. The molecule has 0 amide bonds. The molecular formula is C21H22O. The van der Waals surface area contributed by atoms with Crippen molar-refractivity contribution in [2.45, 2.75) is 27.7 Å². The maximum absolute atomic E-state index is 12.8. The summed E-state index contributed by atoms with van der Waals surface area (Å²) in [6.45, 7) is 15.8. The molecule has 0 N–H and O–H groups in total. The number of hydrogen-bond donors (Lipinski definition) is 0. The van der Waals surface area contributed by atoms with E-state index in [0.717, 1.165) is 44.5 Å². The van der Waals surface area contributed by atoms with Crippen LogP contribution in [0.2, 0.25) is 0 Å². The summed E-state index contributed by atoms with van der Waals surface area (Å²) in [7, 11) is 0. The van der Waals surface area contributed by atoms with Crippen molar-refractivity contribution >= 4 is 16.9 Å². The Kier molecular flexibility index (Phi) is 4.46. The van der Waals surface area contributed by atoms with Crippen LogP contribution in [0.5, 0.6) is 0 Å². The smallest absolute Gasteiger partial charge is 0.193 e. The van der Waals surface area contributed by atoms with Gasteiger partial charge in [-0.15, -0.1) is 0 Å². The molecule has 2 aromatic carbocycles. The second-order valence-electron chi connectivity index (χ2n) is 5.95. The summed E-state index contributed by atoms with van der Waals surface area (Å²) < 4.78 is 0. The van der Waals surface area contributed by atoms with E-state index < -0.39 is 0 Å². The van der Waals surface area contributed by atoms with E-state index in [0.29, 0.717) is 0 Å². The van der Waals surface area contributed by atoms with E-state index in [1.54, 1.807) is 0 Å². The van der Waals surface area contributed by atoms with Crippen LogP contribution in [-0.2, 0) is 0 Å². The fourth-order valence-corrected chi connectivity index (χ4v) is 2.51. The lowest BCUT2D eigenvalue weighted by atomic mass is 9.92. The maximum Gasteiger partial charge on any atom is 0.193 e. The molecular weight excluding hydrogens is 268 g/mol. The summed E-state index contributed by atoms with van der Waals surface area (Å²) in [5.74, 6) is 0.0662. The first-order chi connectivity index (χ1) is 10.3. The molecule has 2 rings (SSSR count). The molecule has 0 fully saturated rings. The molecule has 0 unspecified atom stereocenters. The van der Waals surface area contributed by atoms with E-state index in [9.17, 15) is 4.79 Å². The molecule has 0 aliphatic rings. The minimum atomic E-state index is 0.0662. The molecule has 22 heavy (non-hydrogen) atoms. The number of carbonyl (C=O) groups is 1. The zero-order valence-electron chi connectivity index (χ0n) is 13.8. The Balaban J connectivity index is 2.44. The maximum atomic E-state index is 12.8. The van der Waals surface area contributed by atoms with Gasteiger partial charge in [-0.2, -0.15) is 0 Å². The number of hydrogen-bond acceptors (Lipinski definition) is 1.